The van der Waals surface area contributed by atoms with Crippen molar-refractivity contribution in [3.05, 3.63) is 12.3 Å². The number of hydrogen-bond donors (Lipinski definition) is 3. The summed E-state index contributed by atoms with van der Waals surface area (Å²) >= 11 is 0. The molecule has 3 aliphatic rings. The predicted octanol–water partition coefficient (Wildman–Crippen LogP) is 0.0822. The molecule has 3 heterocycles. The summed E-state index contributed by atoms with van der Waals surface area (Å²) in [5.74, 6) is 0. The van der Waals surface area contributed by atoms with E-state index in [2.05, 4.69) is 45.1 Å². The number of rotatable bonds is 3. The fourth-order valence-corrected chi connectivity index (χ4v) is 3.41. The lowest BCUT2D eigenvalue weighted by molar-refractivity contribution is 0.0858. The van der Waals surface area contributed by atoms with E-state index >= 15 is 0 Å². The summed E-state index contributed by atoms with van der Waals surface area (Å²) in [6.45, 7) is 4.79. The maximum Gasteiger partial charge on any atom is 0.135 e. The molecule has 2 fully saturated rings. The third-order valence-corrected chi connectivity index (χ3v) is 4.70. The molecule has 3 rings (SSSR count). The lowest BCUT2D eigenvalue weighted by Gasteiger charge is -2.42. The molecule has 2 unspecified atom stereocenters. The topological polar surface area (TPSA) is 42.6 Å². The summed E-state index contributed by atoms with van der Waals surface area (Å²) in [7, 11) is 2.08. The van der Waals surface area contributed by atoms with Gasteiger partial charge in [0.1, 0.15) is 6.29 Å². The first-order valence-electron chi connectivity index (χ1n) is 7.71. The Balaban J connectivity index is 1.53. The van der Waals surface area contributed by atoms with Crippen LogP contribution in [0.15, 0.2) is 12.3 Å². The monoisotopic (exact) mass is 265 g/mol. The molecule has 0 aromatic carbocycles. The van der Waals surface area contributed by atoms with Crippen molar-refractivity contribution in [1.82, 2.24) is 25.8 Å². The van der Waals surface area contributed by atoms with Crippen molar-refractivity contribution in [2.75, 3.05) is 33.2 Å². The zero-order valence-corrected chi connectivity index (χ0v) is 11.9. The summed E-state index contributed by atoms with van der Waals surface area (Å²) in [4.78, 5) is 5.07. The summed E-state index contributed by atoms with van der Waals surface area (Å²) < 4.78 is 0. The van der Waals surface area contributed by atoms with Crippen molar-refractivity contribution < 1.29 is 0 Å². The van der Waals surface area contributed by atoms with Crippen LogP contribution in [0.4, 0.5) is 0 Å². The first-order valence-corrected chi connectivity index (χ1v) is 7.71. The molecule has 2 atom stereocenters. The van der Waals surface area contributed by atoms with Gasteiger partial charge in [-0.1, -0.05) is 0 Å². The van der Waals surface area contributed by atoms with Crippen LogP contribution < -0.4 is 16.0 Å². The average Bonchev–Trinajstić information content (AvgIpc) is 3.02. The van der Waals surface area contributed by atoms with Crippen LogP contribution >= 0.6 is 0 Å². The highest BCUT2D eigenvalue weighted by Gasteiger charge is 2.29. The molecule has 0 aromatic heterocycles. The fraction of sp³-hybridized carbons (Fsp3) is 0.857. The van der Waals surface area contributed by atoms with E-state index in [1.807, 2.05) is 0 Å². The van der Waals surface area contributed by atoms with E-state index in [0.29, 0.717) is 18.5 Å². The Morgan fingerprint density at radius 3 is 2.47 bits per heavy atom. The van der Waals surface area contributed by atoms with Gasteiger partial charge < -0.3 is 10.6 Å². The van der Waals surface area contributed by atoms with Gasteiger partial charge in [0.25, 0.3) is 0 Å². The van der Waals surface area contributed by atoms with E-state index < -0.39 is 0 Å². The van der Waals surface area contributed by atoms with Crippen molar-refractivity contribution in [2.24, 2.45) is 0 Å². The van der Waals surface area contributed by atoms with Crippen LogP contribution in [0.1, 0.15) is 25.7 Å². The Bertz CT molecular complexity index is 305. The molecular weight excluding hydrogens is 238 g/mol. The van der Waals surface area contributed by atoms with Gasteiger partial charge >= 0.3 is 0 Å². The normalized spacial score (nSPS) is 34.6. The Kier molecular flexibility index (Phi) is 4.38. The summed E-state index contributed by atoms with van der Waals surface area (Å²) in [6, 6.07) is 0.705. The predicted molar refractivity (Wildman–Crippen MR) is 77.4 cm³/mol. The number of nitrogens with zero attached hydrogens (tertiary/aromatic N) is 2. The van der Waals surface area contributed by atoms with Gasteiger partial charge in [0.2, 0.25) is 0 Å². The molecule has 0 bridgehead atoms. The van der Waals surface area contributed by atoms with Crippen LogP contribution in [0.3, 0.4) is 0 Å². The fourth-order valence-electron chi connectivity index (χ4n) is 3.41. The molecule has 0 radical (unpaired) electrons. The van der Waals surface area contributed by atoms with Gasteiger partial charge in [-0.15, -0.1) is 0 Å². The van der Waals surface area contributed by atoms with E-state index in [9.17, 15) is 0 Å². The van der Waals surface area contributed by atoms with E-state index in [1.165, 1.54) is 51.9 Å². The van der Waals surface area contributed by atoms with Crippen LogP contribution in [0.2, 0.25) is 0 Å². The van der Waals surface area contributed by atoms with Crippen LogP contribution in [-0.4, -0.2) is 61.5 Å². The summed E-state index contributed by atoms with van der Waals surface area (Å²) in [5, 5.41) is 10.6. The van der Waals surface area contributed by atoms with Gasteiger partial charge in [-0.25, -0.2) is 0 Å². The minimum atomic E-state index is 0.319. The lowest BCUT2D eigenvalue weighted by Crippen LogP contribution is -2.62. The van der Waals surface area contributed by atoms with Crippen LogP contribution in [0, 0.1) is 0 Å². The van der Waals surface area contributed by atoms with Gasteiger partial charge in [-0.3, -0.25) is 15.1 Å². The quantitative estimate of drug-likeness (QED) is 0.674. The van der Waals surface area contributed by atoms with Gasteiger partial charge in [0.15, 0.2) is 0 Å². The van der Waals surface area contributed by atoms with Crippen molar-refractivity contribution >= 4 is 0 Å². The van der Waals surface area contributed by atoms with Crippen LogP contribution in [-0.2, 0) is 0 Å². The minimum Gasteiger partial charge on any atom is -0.364 e. The molecular formula is C14H27N5. The molecule has 3 aliphatic heterocycles. The molecule has 5 heteroatoms. The number of piperidine rings is 1. The second-order valence-corrected chi connectivity index (χ2v) is 5.88. The molecule has 2 saturated heterocycles. The van der Waals surface area contributed by atoms with Gasteiger partial charge in [-0.05, 0) is 45.0 Å². The summed E-state index contributed by atoms with van der Waals surface area (Å²) in [5.41, 5.74) is 0. The molecule has 3 N–H and O–H groups in total. The Hall–Kier alpha value is -0.620. The van der Waals surface area contributed by atoms with E-state index in [0.717, 1.165) is 0 Å². The molecule has 108 valence electrons. The van der Waals surface area contributed by atoms with Crippen molar-refractivity contribution in [2.45, 2.75) is 44.2 Å². The largest absolute Gasteiger partial charge is 0.364 e. The first kappa shape index (κ1) is 13.4. The zero-order chi connectivity index (χ0) is 13.1. The molecule has 0 aliphatic carbocycles. The Morgan fingerprint density at radius 1 is 1.05 bits per heavy atom. The van der Waals surface area contributed by atoms with Crippen molar-refractivity contribution in [1.29, 1.82) is 0 Å². The number of hydrogen-bond acceptors (Lipinski definition) is 5. The van der Waals surface area contributed by atoms with Crippen molar-refractivity contribution in [3.8, 4) is 0 Å². The molecule has 0 spiro atoms. The molecule has 0 saturated carbocycles. The second kappa shape index (κ2) is 6.22. The molecule has 5 nitrogen and oxygen atoms in total. The summed E-state index contributed by atoms with van der Waals surface area (Å²) in [6.07, 6.45) is 10.3. The molecule has 0 amide bonds. The average molecular weight is 265 g/mol. The number of nitrogens with one attached hydrogen (secondary N) is 3. The van der Waals surface area contributed by atoms with Crippen LogP contribution in [0.5, 0.6) is 0 Å². The number of likely N-dealkylation sites (tertiary alicyclic amines) is 2. The maximum absolute atomic E-state index is 3.73. The van der Waals surface area contributed by atoms with E-state index in [-0.39, 0.29) is 0 Å². The van der Waals surface area contributed by atoms with E-state index in [1.54, 1.807) is 0 Å². The standard InChI is InChI=1S/C14H27N5/c1-15-12-5-10-18(11-6-12)13-4-7-16-14(17-13)19-8-2-3-9-19/h4,7,12-17H,2-3,5-6,8-11H2,1H3. The highest BCUT2D eigenvalue weighted by Crippen LogP contribution is 2.16. The lowest BCUT2D eigenvalue weighted by atomic mass is 10.0. The minimum absolute atomic E-state index is 0.319. The zero-order valence-electron chi connectivity index (χ0n) is 11.9. The SMILES string of the molecule is CNC1CCN(C2C=CNC(N3CCCC3)N2)CC1. The van der Waals surface area contributed by atoms with Crippen LogP contribution in [0.25, 0.3) is 0 Å². The second-order valence-electron chi connectivity index (χ2n) is 5.88. The molecule has 0 aromatic rings. The highest BCUT2D eigenvalue weighted by atomic mass is 15.4. The van der Waals surface area contributed by atoms with Gasteiger partial charge in [0, 0.05) is 32.2 Å². The highest BCUT2D eigenvalue weighted by molar-refractivity contribution is 5.00. The third kappa shape index (κ3) is 3.11. The smallest absolute Gasteiger partial charge is 0.135 e. The van der Waals surface area contributed by atoms with Gasteiger partial charge in [0.05, 0.1) is 6.17 Å². The van der Waals surface area contributed by atoms with E-state index in [4.69, 9.17) is 0 Å². The van der Waals surface area contributed by atoms with Crippen molar-refractivity contribution in [3.63, 3.8) is 0 Å². The first-order chi connectivity index (χ1) is 9.36. The maximum atomic E-state index is 3.73. The Morgan fingerprint density at radius 2 is 1.79 bits per heavy atom. The van der Waals surface area contributed by atoms with Gasteiger partial charge in [-0.2, -0.15) is 0 Å². The third-order valence-electron chi connectivity index (χ3n) is 4.70. The Labute approximate surface area is 116 Å². The molecule has 19 heavy (non-hydrogen) atoms.